The summed E-state index contributed by atoms with van der Waals surface area (Å²) >= 11 is 0. The number of hydrogen-bond acceptors (Lipinski definition) is 6. The number of hydrogen-bond donors (Lipinski definition) is 2. The monoisotopic (exact) mass is 534 g/mol. The third-order valence-corrected chi connectivity index (χ3v) is 10.6. The smallest absolute Gasteiger partial charge is 0.289 e. The number of furan rings is 1. The SMILES string of the molecule is CO/N=C1\C=C2C(CCC3(C)C2CCC3C(C)N(CC(F)F)C(=O)c2ccco2)C2(C)CC(O)C(O)CC12. The summed E-state index contributed by atoms with van der Waals surface area (Å²) in [6, 6.07) is 2.73. The van der Waals surface area contributed by atoms with E-state index in [1.807, 2.05) is 6.92 Å². The van der Waals surface area contributed by atoms with Crippen LogP contribution in [0, 0.1) is 34.5 Å². The van der Waals surface area contributed by atoms with Gasteiger partial charge in [0.05, 0.1) is 30.7 Å². The zero-order valence-corrected chi connectivity index (χ0v) is 22.6. The Balaban J connectivity index is 1.48. The lowest BCUT2D eigenvalue weighted by molar-refractivity contribution is -0.0900. The lowest BCUT2D eigenvalue weighted by Crippen LogP contribution is -2.56. The largest absolute Gasteiger partial charge is 0.459 e. The molecule has 1 aromatic rings. The molecule has 0 spiro atoms. The Bertz CT molecular complexity index is 1090. The first kappa shape index (κ1) is 27.3. The number of aliphatic hydroxyl groups is 2. The predicted molar refractivity (Wildman–Crippen MR) is 138 cm³/mol. The number of aliphatic hydroxyl groups excluding tert-OH is 2. The molecular weight excluding hydrogens is 494 g/mol. The first-order chi connectivity index (χ1) is 18.0. The van der Waals surface area contributed by atoms with Gasteiger partial charge in [0.25, 0.3) is 12.3 Å². The van der Waals surface area contributed by atoms with Gasteiger partial charge in [-0.05, 0) is 92.2 Å². The Labute approximate surface area is 222 Å². The van der Waals surface area contributed by atoms with Gasteiger partial charge in [-0.3, -0.25) is 4.79 Å². The molecule has 38 heavy (non-hydrogen) atoms. The number of nitrogens with zero attached hydrogens (tertiary/aromatic N) is 2. The topological polar surface area (TPSA) is 95.5 Å². The number of oxime groups is 1. The summed E-state index contributed by atoms with van der Waals surface area (Å²) in [6.45, 7) is 5.73. The molecule has 5 rings (SSSR count). The predicted octanol–water partition coefficient (Wildman–Crippen LogP) is 4.90. The zero-order chi connectivity index (χ0) is 27.4. The van der Waals surface area contributed by atoms with Crippen LogP contribution in [0.3, 0.4) is 0 Å². The molecule has 1 heterocycles. The average Bonchev–Trinajstić information content (AvgIpc) is 3.51. The Morgan fingerprint density at radius 1 is 1.18 bits per heavy atom. The summed E-state index contributed by atoms with van der Waals surface area (Å²) in [7, 11) is 1.52. The van der Waals surface area contributed by atoms with Crippen LogP contribution in [0.2, 0.25) is 0 Å². The van der Waals surface area contributed by atoms with Gasteiger partial charge in [0.2, 0.25) is 0 Å². The van der Waals surface area contributed by atoms with Crippen molar-refractivity contribution in [2.75, 3.05) is 13.7 Å². The number of amides is 1. The highest BCUT2D eigenvalue weighted by atomic mass is 19.3. The van der Waals surface area contributed by atoms with E-state index >= 15 is 0 Å². The van der Waals surface area contributed by atoms with E-state index in [4.69, 9.17) is 9.25 Å². The van der Waals surface area contributed by atoms with Gasteiger partial charge in [-0.25, -0.2) is 8.78 Å². The average molecular weight is 535 g/mol. The second-order valence-corrected chi connectivity index (χ2v) is 12.4. The van der Waals surface area contributed by atoms with E-state index in [0.717, 1.165) is 31.4 Å². The number of fused-ring (bicyclic) bond motifs is 5. The molecule has 0 radical (unpaired) electrons. The number of rotatable bonds is 6. The van der Waals surface area contributed by atoms with Crippen LogP contribution < -0.4 is 0 Å². The van der Waals surface area contributed by atoms with Crippen LogP contribution in [0.5, 0.6) is 0 Å². The highest BCUT2D eigenvalue weighted by Crippen LogP contribution is 2.66. The van der Waals surface area contributed by atoms with Crippen molar-refractivity contribution in [3.05, 3.63) is 35.8 Å². The maximum atomic E-state index is 13.7. The summed E-state index contributed by atoms with van der Waals surface area (Å²) in [5.41, 5.74) is 1.66. The molecule has 0 aliphatic heterocycles. The molecule has 4 aliphatic carbocycles. The highest BCUT2D eigenvalue weighted by molar-refractivity contribution is 5.99. The van der Waals surface area contributed by atoms with Gasteiger partial charge in [-0.15, -0.1) is 0 Å². The second kappa shape index (κ2) is 10.0. The normalized spacial score (nSPS) is 40.2. The molecule has 9 atom stereocenters. The molecule has 1 aromatic heterocycles. The summed E-state index contributed by atoms with van der Waals surface area (Å²) in [5, 5.41) is 25.5. The molecule has 2 N–H and O–H groups in total. The first-order valence-electron chi connectivity index (χ1n) is 13.8. The summed E-state index contributed by atoms with van der Waals surface area (Å²) in [4.78, 5) is 19.7. The van der Waals surface area contributed by atoms with Crippen molar-refractivity contribution in [1.82, 2.24) is 4.90 Å². The quantitative estimate of drug-likeness (QED) is 0.507. The third-order valence-electron chi connectivity index (χ3n) is 10.6. The van der Waals surface area contributed by atoms with E-state index < -0.39 is 31.1 Å². The fourth-order valence-corrected chi connectivity index (χ4v) is 8.79. The minimum absolute atomic E-state index is 0.0115. The molecule has 3 fully saturated rings. The van der Waals surface area contributed by atoms with Gasteiger partial charge in [-0.1, -0.05) is 24.6 Å². The van der Waals surface area contributed by atoms with Crippen molar-refractivity contribution in [2.24, 2.45) is 39.7 Å². The van der Waals surface area contributed by atoms with E-state index in [0.29, 0.717) is 12.8 Å². The Morgan fingerprint density at radius 3 is 2.58 bits per heavy atom. The molecule has 9 unspecified atom stereocenters. The first-order valence-corrected chi connectivity index (χ1v) is 13.8. The van der Waals surface area contributed by atoms with Gasteiger partial charge in [0, 0.05) is 12.0 Å². The van der Waals surface area contributed by atoms with Crippen molar-refractivity contribution in [1.29, 1.82) is 0 Å². The van der Waals surface area contributed by atoms with Crippen LogP contribution in [0.15, 0.2) is 39.6 Å². The van der Waals surface area contributed by atoms with Crippen molar-refractivity contribution in [2.45, 2.75) is 84.0 Å². The molecule has 0 saturated heterocycles. The van der Waals surface area contributed by atoms with Crippen molar-refractivity contribution >= 4 is 11.6 Å². The second-order valence-electron chi connectivity index (χ2n) is 12.4. The highest BCUT2D eigenvalue weighted by Gasteiger charge is 2.61. The van der Waals surface area contributed by atoms with Crippen molar-refractivity contribution in [3.8, 4) is 0 Å². The van der Waals surface area contributed by atoms with Gasteiger partial charge in [-0.2, -0.15) is 0 Å². The fourth-order valence-electron chi connectivity index (χ4n) is 8.79. The van der Waals surface area contributed by atoms with Gasteiger partial charge < -0.3 is 24.4 Å². The standard InChI is InChI=1S/C29H40F2N2O5/c1-16(33(15-26(30)31)27(36)25-6-5-11-38-25)18-7-8-19-17-12-22(32-37-4)21-13-23(34)24(35)14-29(21,3)20(17)9-10-28(18,19)2/h5-6,11-12,16,18-21,23-24,26,34-35H,7-10,13-15H2,1-4H3/b32-22+. The fraction of sp³-hybridized carbons (Fsp3) is 0.724. The molecule has 7 nitrogen and oxygen atoms in total. The number of alkyl halides is 2. The maximum Gasteiger partial charge on any atom is 0.289 e. The van der Waals surface area contributed by atoms with Crippen molar-refractivity contribution < 1.29 is 33.0 Å². The minimum atomic E-state index is -2.64. The molecule has 1 amide bonds. The van der Waals surface area contributed by atoms with E-state index in [1.54, 1.807) is 6.07 Å². The van der Waals surface area contributed by atoms with Crippen LogP contribution in [0.4, 0.5) is 8.78 Å². The molecule has 210 valence electrons. The van der Waals surface area contributed by atoms with Crippen LogP contribution in [-0.2, 0) is 4.84 Å². The number of carbonyl (C=O) groups excluding carboxylic acids is 1. The van der Waals surface area contributed by atoms with Gasteiger partial charge in [0.15, 0.2) is 5.76 Å². The van der Waals surface area contributed by atoms with Crippen LogP contribution in [-0.4, -0.2) is 65.1 Å². The van der Waals surface area contributed by atoms with E-state index in [1.165, 1.54) is 29.9 Å². The van der Waals surface area contributed by atoms with E-state index in [2.05, 4.69) is 25.1 Å². The Hall–Kier alpha value is -2.26. The lowest BCUT2D eigenvalue weighted by atomic mass is 9.47. The third kappa shape index (κ3) is 4.30. The van der Waals surface area contributed by atoms with Crippen LogP contribution in [0.1, 0.15) is 69.9 Å². The Morgan fingerprint density at radius 2 is 1.92 bits per heavy atom. The Kier molecular flexibility index (Phi) is 7.22. The van der Waals surface area contributed by atoms with E-state index in [-0.39, 0.29) is 46.3 Å². The number of carbonyl (C=O) groups is 1. The molecule has 4 aliphatic rings. The maximum absolute atomic E-state index is 13.7. The molecule has 0 aromatic carbocycles. The number of allylic oxidation sites excluding steroid dienone is 2. The molecular formula is C29H40F2N2O5. The van der Waals surface area contributed by atoms with Crippen LogP contribution >= 0.6 is 0 Å². The summed E-state index contributed by atoms with van der Waals surface area (Å²) in [5.74, 6) is 0.0548. The zero-order valence-electron chi connectivity index (χ0n) is 22.6. The molecule has 0 bridgehead atoms. The van der Waals surface area contributed by atoms with Gasteiger partial charge >= 0.3 is 0 Å². The number of halogens is 2. The van der Waals surface area contributed by atoms with Crippen LogP contribution in [0.25, 0.3) is 0 Å². The van der Waals surface area contributed by atoms with Crippen molar-refractivity contribution in [3.63, 3.8) is 0 Å². The summed E-state index contributed by atoms with van der Waals surface area (Å²) < 4.78 is 32.6. The molecule has 9 heteroatoms. The summed E-state index contributed by atoms with van der Waals surface area (Å²) in [6.07, 6.45) is 3.81. The lowest BCUT2D eigenvalue weighted by Gasteiger charge is -2.58. The van der Waals surface area contributed by atoms with Gasteiger partial charge in [0.1, 0.15) is 7.11 Å². The van der Waals surface area contributed by atoms with E-state index in [9.17, 15) is 23.8 Å². The molecule has 3 saturated carbocycles. The minimum Gasteiger partial charge on any atom is -0.459 e.